The molecule has 0 N–H and O–H groups in total. The second-order valence-corrected chi connectivity index (χ2v) is 15.7. The Labute approximate surface area is 353 Å². The number of rotatable bonds is 7. The summed E-state index contributed by atoms with van der Waals surface area (Å²) in [5.74, 6) is 0. The summed E-state index contributed by atoms with van der Waals surface area (Å²) in [6.07, 6.45) is 0. The van der Waals surface area contributed by atoms with Crippen molar-refractivity contribution in [2.24, 2.45) is 0 Å². The SMILES string of the molecule is c1cc(-c2ccc(N(c3cccc(-n4c5ccccc5c5ccccc54)c3)c3ccccc3-c3ccc4oc5ccccc5c4c3)cc2)cc(-c2cccc3ccccc23)c1. The van der Waals surface area contributed by atoms with Crippen molar-refractivity contribution in [1.82, 2.24) is 4.57 Å². The zero-order valence-electron chi connectivity index (χ0n) is 33.2. The number of aromatic nitrogens is 1. The van der Waals surface area contributed by atoms with E-state index in [4.69, 9.17) is 4.42 Å². The zero-order chi connectivity index (χ0) is 40.3. The Hall–Kier alpha value is -8.14. The third-order valence-corrected chi connectivity index (χ3v) is 12.2. The molecule has 12 aromatic rings. The minimum atomic E-state index is 0.887. The Bertz CT molecular complexity index is 3550. The van der Waals surface area contributed by atoms with Crippen molar-refractivity contribution in [3.05, 3.63) is 231 Å². The molecule has 0 bridgehead atoms. The number of furan rings is 1. The van der Waals surface area contributed by atoms with Crippen molar-refractivity contribution in [2.45, 2.75) is 0 Å². The van der Waals surface area contributed by atoms with Crippen LogP contribution in [0.4, 0.5) is 17.1 Å². The molecule has 0 saturated carbocycles. The van der Waals surface area contributed by atoms with Crippen LogP contribution in [0.15, 0.2) is 235 Å². The highest BCUT2D eigenvalue weighted by Gasteiger charge is 2.20. The maximum atomic E-state index is 6.26. The van der Waals surface area contributed by atoms with Gasteiger partial charge in [0.2, 0.25) is 0 Å². The first-order chi connectivity index (χ1) is 30.2. The number of hydrogen-bond acceptors (Lipinski definition) is 2. The molecule has 0 amide bonds. The van der Waals surface area contributed by atoms with Crippen LogP contribution < -0.4 is 4.90 Å². The van der Waals surface area contributed by atoms with E-state index in [1.807, 2.05) is 12.1 Å². The summed E-state index contributed by atoms with van der Waals surface area (Å²) in [4.78, 5) is 2.40. The maximum absolute atomic E-state index is 6.26. The van der Waals surface area contributed by atoms with Crippen molar-refractivity contribution in [2.75, 3.05) is 4.90 Å². The molecule has 0 spiro atoms. The lowest BCUT2D eigenvalue weighted by atomic mass is 9.95. The van der Waals surface area contributed by atoms with Gasteiger partial charge in [-0.1, -0.05) is 158 Å². The molecule has 0 unspecified atom stereocenters. The van der Waals surface area contributed by atoms with E-state index in [0.717, 1.165) is 61.4 Å². The van der Waals surface area contributed by atoms with Gasteiger partial charge in [0.25, 0.3) is 0 Å². The number of fused-ring (bicyclic) bond motifs is 7. The molecular weight excluding hydrogens is 741 g/mol. The van der Waals surface area contributed by atoms with Crippen LogP contribution in [-0.4, -0.2) is 4.57 Å². The summed E-state index contributed by atoms with van der Waals surface area (Å²) in [7, 11) is 0. The van der Waals surface area contributed by atoms with Gasteiger partial charge in [-0.2, -0.15) is 0 Å². The first-order valence-corrected chi connectivity index (χ1v) is 20.8. The van der Waals surface area contributed by atoms with Gasteiger partial charge >= 0.3 is 0 Å². The van der Waals surface area contributed by atoms with Crippen molar-refractivity contribution >= 4 is 71.6 Å². The van der Waals surface area contributed by atoms with E-state index in [0.29, 0.717) is 0 Å². The molecule has 0 saturated heterocycles. The monoisotopic (exact) mass is 778 g/mol. The fraction of sp³-hybridized carbons (Fsp3) is 0. The summed E-state index contributed by atoms with van der Waals surface area (Å²) in [5, 5.41) is 7.22. The highest BCUT2D eigenvalue weighted by atomic mass is 16.3. The van der Waals surface area contributed by atoms with Gasteiger partial charge < -0.3 is 13.9 Å². The highest BCUT2D eigenvalue weighted by molar-refractivity contribution is 6.10. The van der Waals surface area contributed by atoms with Crippen LogP contribution in [0.1, 0.15) is 0 Å². The predicted octanol–water partition coefficient (Wildman–Crippen LogP) is 16.3. The van der Waals surface area contributed by atoms with Crippen LogP contribution in [0, 0.1) is 0 Å². The molecule has 0 radical (unpaired) electrons. The summed E-state index contributed by atoms with van der Waals surface area (Å²) in [5.41, 5.74) is 15.5. The molecule has 2 aromatic heterocycles. The van der Waals surface area contributed by atoms with Gasteiger partial charge in [0.1, 0.15) is 11.2 Å². The average molecular weight is 779 g/mol. The smallest absolute Gasteiger partial charge is 0.135 e. The van der Waals surface area contributed by atoms with E-state index >= 15 is 0 Å². The van der Waals surface area contributed by atoms with Gasteiger partial charge in [-0.25, -0.2) is 0 Å². The van der Waals surface area contributed by atoms with Crippen LogP contribution in [0.5, 0.6) is 0 Å². The molecule has 12 rings (SSSR count). The fourth-order valence-electron chi connectivity index (χ4n) is 9.35. The number of benzene rings is 10. The lowest BCUT2D eigenvalue weighted by Gasteiger charge is -2.28. The topological polar surface area (TPSA) is 21.3 Å². The second-order valence-electron chi connectivity index (χ2n) is 15.7. The number of anilines is 3. The maximum Gasteiger partial charge on any atom is 0.135 e. The first kappa shape index (κ1) is 34.9. The molecule has 0 aliphatic heterocycles. The average Bonchev–Trinajstić information content (AvgIpc) is 3.88. The second kappa shape index (κ2) is 14.3. The van der Waals surface area contributed by atoms with Crippen LogP contribution >= 0.6 is 0 Å². The van der Waals surface area contributed by atoms with Crippen LogP contribution in [0.2, 0.25) is 0 Å². The lowest BCUT2D eigenvalue weighted by molar-refractivity contribution is 0.669. The molecule has 0 aliphatic carbocycles. The molecule has 2 heterocycles. The van der Waals surface area contributed by atoms with E-state index in [2.05, 4.69) is 228 Å². The first-order valence-electron chi connectivity index (χ1n) is 20.8. The summed E-state index contributed by atoms with van der Waals surface area (Å²) < 4.78 is 8.65. The zero-order valence-corrected chi connectivity index (χ0v) is 33.2. The van der Waals surface area contributed by atoms with Crippen molar-refractivity contribution in [1.29, 1.82) is 0 Å². The number of para-hydroxylation sites is 4. The standard InChI is InChI=1S/C58H38N2O/c1-2-20-47-40(14-1)15-12-25-48(47)42-17-11-16-41(36-42)39-30-33-44(34-31-39)59(45-18-13-19-46(38-45)60-55-27-8-4-22-50(55)51-23-5-9-28-56(51)60)54-26-7-3-21-49(54)43-32-35-58-53(37-43)52-24-6-10-29-57(52)61-58/h1-38H. The van der Waals surface area contributed by atoms with Crippen molar-refractivity contribution in [3.8, 4) is 39.1 Å². The molecule has 286 valence electrons. The molecule has 10 aromatic carbocycles. The van der Waals surface area contributed by atoms with Gasteiger partial charge in [0.05, 0.1) is 16.7 Å². The van der Waals surface area contributed by atoms with Crippen LogP contribution in [-0.2, 0) is 0 Å². The summed E-state index contributed by atoms with van der Waals surface area (Å²) in [6, 6.07) is 83.1. The van der Waals surface area contributed by atoms with Crippen molar-refractivity contribution in [3.63, 3.8) is 0 Å². The van der Waals surface area contributed by atoms with Crippen LogP contribution in [0.25, 0.3) is 93.6 Å². The number of nitrogens with zero attached hydrogens (tertiary/aromatic N) is 2. The molecule has 3 heteroatoms. The third kappa shape index (κ3) is 5.90. The fourth-order valence-corrected chi connectivity index (χ4v) is 9.35. The Morgan fingerprint density at radius 2 is 0.918 bits per heavy atom. The summed E-state index contributed by atoms with van der Waals surface area (Å²) in [6.45, 7) is 0. The van der Waals surface area contributed by atoms with Gasteiger partial charge in [-0.05, 0) is 111 Å². The molecular formula is C58H38N2O. The van der Waals surface area contributed by atoms with Crippen molar-refractivity contribution < 1.29 is 4.42 Å². The third-order valence-electron chi connectivity index (χ3n) is 12.2. The Morgan fingerprint density at radius 1 is 0.328 bits per heavy atom. The molecule has 0 aliphatic rings. The van der Waals surface area contributed by atoms with E-state index in [9.17, 15) is 0 Å². The van der Waals surface area contributed by atoms with E-state index in [-0.39, 0.29) is 0 Å². The van der Waals surface area contributed by atoms with Gasteiger partial charge in [-0.15, -0.1) is 0 Å². The Kier molecular flexibility index (Phi) is 8.17. The van der Waals surface area contributed by atoms with Gasteiger partial charge in [0, 0.05) is 44.2 Å². The normalized spacial score (nSPS) is 11.6. The minimum Gasteiger partial charge on any atom is -0.456 e. The van der Waals surface area contributed by atoms with Gasteiger partial charge in [0.15, 0.2) is 0 Å². The van der Waals surface area contributed by atoms with E-state index < -0.39 is 0 Å². The molecule has 0 atom stereocenters. The molecule has 0 fully saturated rings. The van der Waals surface area contributed by atoms with Crippen LogP contribution in [0.3, 0.4) is 0 Å². The minimum absolute atomic E-state index is 0.887. The number of hydrogen-bond donors (Lipinski definition) is 0. The largest absolute Gasteiger partial charge is 0.456 e. The van der Waals surface area contributed by atoms with E-state index in [1.165, 1.54) is 49.3 Å². The predicted molar refractivity (Wildman–Crippen MR) is 257 cm³/mol. The Morgan fingerprint density at radius 3 is 1.75 bits per heavy atom. The summed E-state index contributed by atoms with van der Waals surface area (Å²) >= 11 is 0. The highest BCUT2D eigenvalue weighted by Crippen LogP contribution is 2.44. The van der Waals surface area contributed by atoms with Gasteiger partial charge in [-0.3, -0.25) is 0 Å². The molecule has 3 nitrogen and oxygen atoms in total. The molecule has 61 heavy (non-hydrogen) atoms. The van der Waals surface area contributed by atoms with E-state index in [1.54, 1.807) is 0 Å². The quantitative estimate of drug-likeness (QED) is 0.161. The Balaban J connectivity index is 1.02. The lowest BCUT2D eigenvalue weighted by Crippen LogP contribution is -2.11.